The molecule has 0 radical (unpaired) electrons. The van der Waals surface area contributed by atoms with Gasteiger partial charge < -0.3 is 15.0 Å². The van der Waals surface area contributed by atoms with Crippen molar-refractivity contribution >= 4 is 28.1 Å². The van der Waals surface area contributed by atoms with Crippen LogP contribution in [-0.2, 0) is 11.2 Å². The molecule has 0 unspecified atom stereocenters. The topological polar surface area (TPSA) is 78.2 Å². The van der Waals surface area contributed by atoms with E-state index >= 15 is 0 Å². The van der Waals surface area contributed by atoms with Gasteiger partial charge in [0.2, 0.25) is 0 Å². The molecular weight excluding hydrogens is 419 g/mol. The van der Waals surface area contributed by atoms with Crippen LogP contribution in [0.4, 0.5) is 15.8 Å². The predicted molar refractivity (Wildman–Crippen MR) is 128 cm³/mol. The number of rotatable bonds is 9. The number of nitriles is 1. The standard InChI is InChI=1S/C26H27FN4O2/c1-5-33-25-14-24-22(13-18(25)12-21(32)7-6-10-31(3)4)26(19(15-28)16-29-24)30-20-8-9-23(27)17(2)11-20/h6-9,11,13-14,16H,5,10,12H2,1-4H3,(H,29,30)/b7-6+/i1D3,5D2,7D,13D,14D,16D. The predicted octanol–water partition coefficient (Wildman–Crippen LogP) is 4.93. The lowest BCUT2D eigenvalue weighted by atomic mass is 10.0. The van der Waals surface area contributed by atoms with Crippen molar-refractivity contribution in [3.8, 4) is 11.8 Å². The van der Waals surface area contributed by atoms with Crippen LogP contribution in [0.15, 0.2) is 48.6 Å². The largest absolute Gasteiger partial charge is 0.494 e. The summed E-state index contributed by atoms with van der Waals surface area (Å²) in [6.07, 6.45) is -0.0643. The van der Waals surface area contributed by atoms with Crippen molar-refractivity contribution in [2.75, 3.05) is 32.5 Å². The number of nitrogens with zero attached hydrogens (tertiary/aromatic N) is 3. The third-order valence-corrected chi connectivity index (χ3v) is 4.55. The van der Waals surface area contributed by atoms with E-state index in [2.05, 4.69) is 10.3 Å². The van der Waals surface area contributed by atoms with Gasteiger partial charge in [0.25, 0.3) is 0 Å². The molecule has 0 aliphatic heterocycles. The van der Waals surface area contributed by atoms with Gasteiger partial charge in [0, 0.05) is 45.9 Å². The zero-order chi connectivity index (χ0) is 31.7. The number of ether oxygens (including phenoxy) is 1. The Hall–Kier alpha value is -3.76. The van der Waals surface area contributed by atoms with Crippen molar-refractivity contribution in [2.24, 2.45) is 0 Å². The Morgan fingerprint density at radius 1 is 1.48 bits per heavy atom. The van der Waals surface area contributed by atoms with E-state index in [1.165, 1.54) is 25.1 Å². The van der Waals surface area contributed by atoms with Gasteiger partial charge in [-0.05, 0) is 63.7 Å². The number of likely N-dealkylation sites (N-methyl/N-ethyl adjacent to an activating group) is 1. The zero-order valence-electron chi connectivity index (χ0n) is 27.3. The maximum absolute atomic E-state index is 13.9. The van der Waals surface area contributed by atoms with Crippen LogP contribution in [0.3, 0.4) is 0 Å². The molecule has 0 amide bonds. The SMILES string of the molecule is [2H]/C(=C\CN(C)C)C(=O)Cc1c(OC([2H])([2H])C([2H])([2H])[2H])c([2H])c2nc([2H])c(C#N)c(Nc3ccc(F)c(C)c3)c2c1[2H]. The minimum absolute atomic E-state index is 0.162. The summed E-state index contributed by atoms with van der Waals surface area (Å²) < 4.78 is 91.7. The molecule has 3 rings (SSSR count). The number of fused-ring (bicyclic) bond motifs is 1. The first kappa shape index (κ1) is 14.4. The van der Waals surface area contributed by atoms with Gasteiger partial charge in [0.05, 0.1) is 31.6 Å². The van der Waals surface area contributed by atoms with Gasteiger partial charge in [-0.1, -0.05) is 6.08 Å². The molecule has 1 N–H and O–H groups in total. The number of ketones is 1. The number of anilines is 2. The number of hydrogen-bond donors (Lipinski definition) is 1. The monoisotopic (exact) mass is 455 g/mol. The fourth-order valence-corrected chi connectivity index (χ4v) is 2.96. The van der Waals surface area contributed by atoms with Crippen molar-refractivity contribution in [1.29, 1.82) is 5.26 Å². The van der Waals surface area contributed by atoms with Gasteiger partial charge in [-0.3, -0.25) is 9.78 Å². The number of carbonyl (C=O) groups is 1. The third kappa shape index (κ3) is 5.93. The van der Waals surface area contributed by atoms with Crippen LogP contribution in [0.1, 0.15) is 35.9 Å². The summed E-state index contributed by atoms with van der Waals surface area (Å²) in [5, 5.41) is 12.5. The maximum atomic E-state index is 13.9. The number of aryl methyl sites for hydroxylation is 1. The highest BCUT2D eigenvalue weighted by Crippen LogP contribution is 2.34. The Labute approximate surface area is 206 Å². The molecule has 0 aliphatic carbocycles. The highest BCUT2D eigenvalue weighted by molar-refractivity contribution is 5.98. The van der Waals surface area contributed by atoms with Crippen molar-refractivity contribution in [2.45, 2.75) is 20.2 Å². The van der Waals surface area contributed by atoms with Crippen molar-refractivity contribution in [3.63, 3.8) is 0 Å². The molecule has 1 heterocycles. The molecule has 0 atom stereocenters. The minimum atomic E-state index is -3.37. The molecule has 0 spiro atoms. The summed E-state index contributed by atoms with van der Waals surface area (Å²) in [5.74, 6) is -2.11. The first-order chi connectivity index (χ1) is 19.4. The van der Waals surface area contributed by atoms with Gasteiger partial charge in [0.1, 0.15) is 17.6 Å². The number of hydrogen-bond acceptors (Lipinski definition) is 6. The summed E-state index contributed by atoms with van der Waals surface area (Å²) in [4.78, 5) is 18.7. The molecule has 0 saturated carbocycles. The number of pyridine rings is 1. The second-order valence-electron chi connectivity index (χ2n) is 7.37. The molecule has 0 fully saturated rings. The molecule has 170 valence electrons. The van der Waals surface area contributed by atoms with Crippen LogP contribution < -0.4 is 10.1 Å². The molecule has 0 bridgehead atoms. The highest BCUT2D eigenvalue weighted by Gasteiger charge is 2.16. The van der Waals surface area contributed by atoms with Crippen LogP contribution >= 0.6 is 0 Å². The van der Waals surface area contributed by atoms with Crippen LogP contribution in [0.5, 0.6) is 5.75 Å². The van der Waals surface area contributed by atoms with E-state index < -0.39 is 72.6 Å². The molecule has 6 nitrogen and oxygen atoms in total. The zero-order valence-corrected chi connectivity index (χ0v) is 18.3. The molecule has 3 aromatic rings. The summed E-state index contributed by atoms with van der Waals surface area (Å²) in [7, 11) is 3.43. The Morgan fingerprint density at radius 2 is 2.30 bits per heavy atom. The first-order valence-corrected chi connectivity index (χ1v) is 9.82. The number of halogens is 1. The fourth-order valence-electron chi connectivity index (χ4n) is 2.96. The van der Waals surface area contributed by atoms with Crippen LogP contribution in [0.2, 0.25) is 0 Å². The van der Waals surface area contributed by atoms with Crippen molar-refractivity contribution < 1.29 is 26.3 Å². The lowest BCUT2D eigenvalue weighted by Gasteiger charge is -2.15. The molecule has 1 aromatic heterocycles. The summed E-state index contributed by atoms with van der Waals surface area (Å²) >= 11 is 0. The average Bonchev–Trinajstić information content (AvgIpc) is 2.88. The van der Waals surface area contributed by atoms with Crippen LogP contribution in [0, 0.1) is 24.1 Å². The third-order valence-electron chi connectivity index (χ3n) is 4.55. The lowest BCUT2D eigenvalue weighted by Crippen LogP contribution is -2.11. The van der Waals surface area contributed by atoms with Crippen LogP contribution in [0.25, 0.3) is 10.9 Å². The van der Waals surface area contributed by atoms with E-state index in [1.807, 2.05) is 6.07 Å². The summed E-state index contributed by atoms with van der Waals surface area (Å²) in [6.45, 7) is -4.97. The first-order valence-electron chi connectivity index (χ1n) is 14.3. The Bertz CT molecular complexity index is 1630. The Balaban J connectivity index is 2.39. The van der Waals surface area contributed by atoms with Gasteiger partial charge in [-0.15, -0.1) is 0 Å². The molecule has 0 aliphatic rings. The fraction of sp³-hybridized carbons (Fsp3) is 0.269. The van der Waals surface area contributed by atoms with E-state index in [-0.39, 0.29) is 34.4 Å². The second kappa shape index (κ2) is 10.7. The van der Waals surface area contributed by atoms with Gasteiger partial charge in [-0.25, -0.2) is 4.39 Å². The number of carbonyl (C=O) groups excluding carboxylic acids is 1. The maximum Gasteiger partial charge on any atom is 0.159 e. The number of aromatic nitrogens is 1. The quantitative estimate of drug-likeness (QED) is 0.461. The van der Waals surface area contributed by atoms with E-state index in [0.717, 1.165) is 6.07 Å². The second-order valence-corrected chi connectivity index (χ2v) is 7.37. The smallest absolute Gasteiger partial charge is 0.159 e. The van der Waals surface area contributed by atoms with Crippen molar-refractivity contribution in [1.82, 2.24) is 9.88 Å². The normalized spacial score (nSPS) is 16.2. The summed E-state index contributed by atoms with van der Waals surface area (Å²) in [5.41, 5.74) is -0.822. The van der Waals surface area contributed by atoms with Gasteiger partial charge in [0.15, 0.2) is 5.78 Å². The number of nitrogens with one attached hydrogen (secondary N) is 1. The highest BCUT2D eigenvalue weighted by atomic mass is 19.1. The van der Waals surface area contributed by atoms with E-state index in [0.29, 0.717) is 0 Å². The van der Waals surface area contributed by atoms with E-state index in [1.54, 1.807) is 19.0 Å². The molecule has 33 heavy (non-hydrogen) atoms. The van der Waals surface area contributed by atoms with E-state index in [4.69, 9.17) is 17.1 Å². The van der Waals surface area contributed by atoms with Gasteiger partial charge >= 0.3 is 0 Å². The Morgan fingerprint density at radius 3 is 3.00 bits per heavy atom. The lowest BCUT2D eigenvalue weighted by molar-refractivity contribution is -0.114. The van der Waals surface area contributed by atoms with E-state index in [9.17, 15) is 14.4 Å². The molecule has 2 aromatic carbocycles. The number of benzene rings is 2. The molecule has 0 saturated heterocycles. The average molecular weight is 456 g/mol. The molecule has 7 heteroatoms. The molecular formula is C26H27FN4O2. The number of allylic oxidation sites excluding steroid dienone is 1. The van der Waals surface area contributed by atoms with Gasteiger partial charge in [-0.2, -0.15) is 5.26 Å². The summed E-state index contributed by atoms with van der Waals surface area (Å²) in [6, 6.07) is 3.98. The minimum Gasteiger partial charge on any atom is -0.494 e. The van der Waals surface area contributed by atoms with Crippen molar-refractivity contribution in [3.05, 3.63) is 71.1 Å². The Kier molecular flexibility index (Phi) is 4.67. The van der Waals surface area contributed by atoms with Crippen LogP contribution in [-0.4, -0.2) is 42.9 Å².